The Labute approximate surface area is 140 Å². The highest BCUT2D eigenvalue weighted by Crippen LogP contribution is 2.17. The van der Waals surface area contributed by atoms with Crippen molar-refractivity contribution < 1.29 is 4.79 Å². The first-order valence-corrected chi connectivity index (χ1v) is 8.94. The number of carbonyl (C=O) groups is 1. The average Bonchev–Trinajstić information content (AvgIpc) is 3.25. The second-order valence-electron chi connectivity index (χ2n) is 5.84. The number of carbonyl (C=O) groups excluding carboxylic acids is 1. The van der Waals surface area contributed by atoms with Crippen LogP contribution in [0.2, 0.25) is 0 Å². The molecule has 2 heterocycles. The molecule has 0 spiro atoms. The van der Waals surface area contributed by atoms with E-state index >= 15 is 0 Å². The highest BCUT2D eigenvalue weighted by Gasteiger charge is 2.16. The number of rotatable bonds is 6. The normalized spacial score (nSPS) is 15.0. The van der Waals surface area contributed by atoms with Crippen LogP contribution < -0.4 is 5.32 Å². The number of hydrogen-bond donors (Lipinski definition) is 1. The van der Waals surface area contributed by atoms with E-state index in [0.29, 0.717) is 11.4 Å². The van der Waals surface area contributed by atoms with Crippen molar-refractivity contribution in [2.24, 2.45) is 0 Å². The number of nitrogens with one attached hydrogen (secondary N) is 1. The van der Waals surface area contributed by atoms with Gasteiger partial charge in [0, 0.05) is 13.1 Å². The molecule has 0 unspecified atom stereocenters. The summed E-state index contributed by atoms with van der Waals surface area (Å²) in [7, 11) is 0. The van der Waals surface area contributed by atoms with Crippen molar-refractivity contribution in [3.05, 3.63) is 46.0 Å². The molecule has 6 heteroatoms. The van der Waals surface area contributed by atoms with E-state index < -0.39 is 0 Å². The van der Waals surface area contributed by atoms with E-state index in [-0.39, 0.29) is 5.91 Å². The monoisotopic (exact) mass is 330 g/mol. The van der Waals surface area contributed by atoms with Crippen molar-refractivity contribution in [2.75, 3.05) is 13.1 Å². The molecule has 0 radical (unpaired) electrons. The van der Waals surface area contributed by atoms with E-state index in [9.17, 15) is 4.79 Å². The highest BCUT2D eigenvalue weighted by molar-refractivity contribution is 7.08. The fourth-order valence-electron chi connectivity index (χ4n) is 2.93. The molecule has 1 amide bonds. The fourth-order valence-corrected chi connectivity index (χ4v) is 3.60. The van der Waals surface area contributed by atoms with Crippen LogP contribution in [0.5, 0.6) is 0 Å². The third kappa shape index (κ3) is 3.95. The van der Waals surface area contributed by atoms with Crippen LogP contribution in [0.15, 0.2) is 24.3 Å². The summed E-state index contributed by atoms with van der Waals surface area (Å²) in [5.41, 5.74) is 3.26. The van der Waals surface area contributed by atoms with Gasteiger partial charge in [0.2, 0.25) is 0 Å². The maximum Gasteiger partial charge on any atom is 0.265 e. The molecule has 0 aliphatic carbocycles. The van der Waals surface area contributed by atoms with Crippen molar-refractivity contribution in [1.29, 1.82) is 0 Å². The zero-order valence-corrected chi connectivity index (χ0v) is 14.2. The first-order valence-electron chi connectivity index (χ1n) is 8.16. The van der Waals surface area contributed by atoms with Gasteiger partial charge < -0.3 is 5.32 Å². The quantitative estimate of drug-likeness (QED) is 0.884. The fraction of sp³-hybridized carbons (Fsp3) is 0.471. The predicted octanol–water partition coefficient (Wildman–Crippen LogP) is 2.63. The number of nitrogens with zero attached hydrogens (tertiary/aromatic N) is 3. The number of hydrogen-bond acceptors (Lipinski definition) is 5. The molecule has 1 fully saturated rings. The summed E-state index contributed by atoms with van der Waals surface area (Å²) in [5.74, 6) is -0.0761. The van der Waals surface area contributed by atoms with Gasteiger partial charge in [-0.2, -0.15) is 0 Å². The van der Waals surface area contributed by atoms with Crippen LogP contribution in [0, 0.1) is 0 Å². The van der Waals surface area contributed by atoms with E-state index in [1.165, 1.54) is 48.6 Å². The molecule has 0 bridgehead atoms. The topological polar surface area (TPSA) is 58.1 Å². The van der Waals surface area contributed by atoms with E-state index in [4.69, 9.17) is 0 Å². The molecule has 23 heavy (non-hydrogen) atoms. The van der Waals surface area contributed by atoms with Crippen LogP contribution in [0.4, 0.5) is 0 Å². The van der Waals surface area contributed by atoms with Gasteiger partial charge >= 0.3 is 0 Å². The minimum atomic E-state index is -0.0761. The van der Waals surface area contributed by atoms with Crippen molar-refractivity contribution in [1.82, 2.24) is 19.8 Å². The maximum atomic E-state index is 12.3. The van der Waals surface area contributed by atoms with Gasteiger partial charge in [-0.1, -0.05) is 35.7 Å². The lowest BCUT2D eigenvalue weighted by Gasteiger charge is -2.17. The van der Waals surface area contributed by atoms with Gasteiger partial charge in [0.1, 0.15) is 4.88 Å². The second kappa shape index (κ2) is 7.66. The van der Waals surface area contributed by atoms with Crippen LogP contribution in [0.1, 0.15) is 46.3 Å². The van der Waals surface area contributed by atoms with E-state index in [1.807, 2.05) is 13.0 Å². The summed E-state index contributed by atoms with van der Waals surface area (Å²) in [5, 5.41) is 7.01. The summed E-state index contributed by atoms with van der Waals surface area (Å²) < 4.78 is 3.88. The Balaban J connectivity index is 1.64. The molecule has 0 atom stereocenters. The molecule has 0 saturated carbocycles. The van der Waals surface area contributed by atoms with Crippen LogP contribution in [0.25, 0.3) is 0 Å². The van der Waals surface area contributed by atoms with Gasteiger partial charge in [-0.3, -0.25) is 9.69 Å². The van der Waals surface area contributed by atoms with Crippen LogP contribution in [-0.2, 0) is 19.5 Å². The van der Waals surface area contributed by atoms with Gasteiger partial charge in [-0.15, -0.1) is 5.10 Å². The molecular weight excluding hydrogens is 308 g/mol. The number of amides is 1. The molecule has 5 nitrogen and oxygen atoms in total. The Kier molecular flexibility index (Phi) is 5.35. The number of likely N-dealkylation sites (tertiary alicyclic amines) is 1. The van der Waals surface area contributed by atoms with Crippen LogP contribution in [0.3, 0.4) is 0 Å². The zero-order chi connectivity index (χ0) is 16.1. The Morgan fingerprint density at radius 1 is 1.26 bits per heavy atom. The van der Waals surface area contributed by atoms with E-state index in [2.05, 4.69) is 38.0 Å². The number of aromatic nitrogens is 2. The van der Waals surface area contributed by atoms with Gasteiger partial charge in [0.25, 0.3) is 5.91 Å². The van der Waals surface area contributed by atoms with Crippen LogP contribution >= 0.6 is 11.5 Å². The predicted molar refractivity (Wildman–Crippen MR) is 91.4 cm³/mol. The van der Waals surface area contributed by atoms with Gasteiger partial charge in [0.15, 0.2) is 0 Å². The van der Waals surface area contributed by atoms with E-state index in [0.717, 1.165) is 18.7 Å². The standard InChI is InChI=1S/C17H22N4OS/c1-2-15-16(23-20-19-15)17(22)18-11-13-7-3-4-8-14(13)12-21-9-5-6-10-21/h3-4,7-8H,2,5-6,9-12H2,1H3,(H,18,22). The molecule has 1 N–H and O–H groups in total. The van der Waals surface area contributed by atoms with Crippen molar-refractivity contribution >= 4 is 17.4 Å². The lowest BCUT2D eigenvalue weighted by Crippen LogP contribution is -2.25. The Morgan fingerprint density at radius 3 is 2.74 bits per heavy atom. The Morgan fingerprint density at radius 2 is 2.00 bits per heavy atom. The van der Waals surface area contributed by atoms with Crippen LogP contribution in [-0.4, -0.2) is 33.5 Å². The molecule has 1 saturated heterocycles. The van der Waals surface area contributed by atoms with Crippen molar-refractivity contribution in [3.63, 3.8) is 0 Å². The lowest BCUT2D eigenvalue weighted by molar-refractivity contribution is 0.0953. The van der Waals surface area contributed by atoms with Crippen molar-refractivity contribution in [2.45, 2.75) is 39.3 Å². The number of aryl methyl sites for hydroxylation is 1. The molecule has 1 aromatic carbocycles. The highest BCUT2D eigenvalue weighted by atomic mass is 32.1. The summed E-state index contributed by atoms with van der Waals surface area (Å²) in [6.45, 7) is 5.84. The third-order valence-corrected chi connectivity index (χ3v) is 5.01. The molecular formula is C17H22N4OS. The minimum absolute atomic E-state index is 0.0761. The summed E-state index contributed by atoms with van der Waals surface area (Å²) in [6, 6.07) is 8.35. The van der Waals surface area contributed by atoms with Gasteiger partial charge in [-0.25, -0.2) is 0 Å². The summed E-state index contributed by atoms with van der Waals surface area (Å²) in [4.78, 5) is 15.4. The first-order chi connectivity index (χ1) is 11.3. The zero-order valence-electron chi connectivity index (χ0n) is 13.4. The molecule has 2 aromatic rings. The summed E-state index contributed by atoms with van der Waals surface area (Å²) >= 11 is 1.17. The molecule has 1 aliphatic heterocycles. The Bertz CT molecular complexity index is 664. The van der Waals surface area contributed by atoms with Gasteiger partial charge in [0.05, 0.1) is 5.69 Å². The second-order valence-corrected chi connectivity index (χ2v) is 6.59. The molecule has 3 rings (SSSR count). The largest absolute Gasteiger partial charge is 0.347 e. The molecule has 1 aliphatic rings. The third-order valence-electron chi connectivity index (χ3n) is 4.25. The molecule has 122 valence electrons. The maximum absolute atomic E-state index is 12.3. The number of benzene rings is 1. The molecule has 1 aromatic heterocycles. The van der Waals surface area contributed by atoms with Gasteiger partial charge in [-0.05, 0) is 55.0 Å². The van der Waals surface area contributed by atoms with Crippen molar-refractivity contribution in [3.8, 4) is 0 Å². The SMILES string of the molecule is CCc1nnsc1C(=O)NCc1ccccc1CN1CCCC1. The minimum Gasteiger partial charge on any atom is -0.347 e. The smallest absolute Gasteiger partial charge is 0.265 e. The summed E-state index contributed by atoms with van der Waals surface area (Å²) in [6.07, 6.45) is 3.30. The lowest BCUT2D eigenvalue weighted by atomic mass is 10.1. The van der Waals surface area contributed by atoms with E-state index in [1.54, 1.807) is 0 Å². The average molecular weight is 330 g/mol. The first kappa shape index (κ1) is 16.1. The Hall–Kier alpha value is -1.79.